The lowest BCUT2D eigenvalue weighted by atomic mass is 9.88. The lowest BCUT2D eigenvalue weighted by Gasteiger charge is -2.24. The van der Waals surface area contributed by atoms with Crippen molar-refractivity contribution in [3.63, 3.8) is 0 Å². The number of hydrogen-bond acceptors (Lipinski definition) is 5. The fraction of sp³-hybridized carbons (Fsp3) is 0.355. The lowest BCUT2D eigenvalue weighted by Crippen LogP contribution is -2.52. The van der Waals surface area contributed by atoms with Gasteiger partial charge in [-0.05, 0) is 52.1 Å². The number of ether oxygens (including phenoxy) is 1. The Bertz CT molecular complexity index is 1270. The minimum atomic E-state index is -1.12. The molecule has 39 heavy (non-hydrogen) atoms. The average Bonchev–Trinajstić information content (AvgIpc) is 3.23. The van der Waals surface area contributed by atoms with E-state index >= 15 is 0 Å². The smallest absolute Gasteiger partial charge is 0.407 e. The molecule has 0 radical (unpaired) electrons. The summed E-state index contributed by atoms with van der Waals surface area (Å²) in [5.74, 6) is -1.83. The highest BCUT2D eigenvalue weighted by Gasteiger charge is 2.31. The molecule has 2 atom stereocenters. The van der Waals surface area contributed by atoms with Gasteiger partial charge < -0.3 is 20.5 Å². The van der Waals surface area contributed by atoms with Crippen molar-refractivity contribution in [2.24, 2.45) is 5.41 Å². The number of hydrogen-bond donors (Lipinski definition) is 3. The standard InChI is InChI=1S/C31H35N3O5/c1-31(2,3)15-14-26(29(36)37)33-28(35)27(17-20-9-8-16-32-18-20)34-30(38)39-19-25-23-12-6-4-10-21(23)22-11-5-7-13-24(22)25/h4-13,16,18,25-27H,14-15,17,19H2,1-3H3,(H,33,35)(H,34,38)(H,36,37)/t26-,27-/m0/s1. The van der Waals surface area contributed by atoms with Gasteiger partial charge in [-0.25, -0.2) is 9.59 Å². The Labute approximate surface area is 228 Å². The number of carboxylic acid groups (broad SMARTS) is 1. The molecule has 4 rings (SSSR count). The Hall–Kier alpha value is -4.20. The van der Waals surface area contributed by atoms with Crippen LogP contribution in [0, 0.1) is 5.41 Å². The largest absolute Gasteiger partial charge is 0.480 e. The van der Waals surface area contributed by atoms with Gasteiger partial charge in [-0.3, -0.25) is 9.78 Å². The molecule has 2 aromatic carbocycles. The Balaban J connectivity index is 1.45. The summed E-state index contributed by atoms with van der Waals surface area (Å²) in [6.07, 6.45) is 3.49. The van der Waals surface area contributed by atoms with Gasteiger partial charge in [0.25, 0.3) is 0 Å². The van der Waals surface area contributed by atoms with Crippen molar-refractivity contribution in [3.05, 3.63) is 89.7 Å². The maximum atomic E-state index is 13.2. The van der Waals surface area contributed by atoms with E-state index in [1.165, 1.54) is 0 Å². The molecule has 8 heteroatoms. The van der Waals surface area contributed by atoms with Crippen molar-refractivity contribution in [2.45, 2.75) is 58.0 Å². The number of amides is 2. The van der Waals surface area contributed by atoms with Crippen molar-refractivity contribution in [2.75, 3.05) is 6.61 Å². The normalized spacial score (nSPS) is 14.0. The van der Waals surface area contributed by atoms with Crippen LogP contribution in [0.2, 0.25) is 0 Å². The molecular weight excluding hydrogens is 494 g/mol. The van der Waals surface area contributed by atoms with Crippen molar-refractivity contribution in [1.82, 2.24) is 15.6 Å². The van der Waals surface area contributed by atoms with Gasteiger partial charge in [-0.15, -0.1) is 0 Å². The van der Waals surface area contributed by atoms with Gasteiger partial charge >= 0.3 is 12.1 Å². The van der Waals surface area contributed by atoms with Gasteiger partial charge in [0, 0.05) is 24.7 Å². The first-order valence-corrected chi connectivity index (χ1v) is 13.2. The maximum absolute atomic E-state index is 13.2. The van der Waals surface area contributed by atoms with Crippen molar-refractivity contribution >= 4 is 18.0 Å². The van der Waals surface area contributed by atoms with Crippen LogP contribution in [-0.4, -0.2) is 46.8 Å². The van der Waals surface area contributed by atoms with E-state index in [1.807, 2.05) is 57.2 Å². The van der Waals surface area contributed by atoms with Crippen LogP contribution in [0.5, 0.6) is 0 Å². The van der Waals surface area contributed by atoms with Gasteiger partial charge in [0.15, 0.2) is 0 Å². The SMILES string of the molecule is CC(C)(C)CC[C@H](NC(=O)[C@H](Cc1cccnc1)NC(=O)OCC1c2ccccc2-c2ccccc21)C(=O)O. The molecule has 0 saturated carbocycles. The molecule has 0 bridgehead atoms. The van der Waals surface area contributed by atoms with E-state index in [2.05, 4.69) is 27.8 Å². The summed E-state index contributed by atoms with van der Waals surface area (Å²) >= 11 is 0. The first-order chi connectivity index (χ1) is 18.6. The Kier molecular flexibility index (Phi) is 8.64. The van der Waals surface area contributed by atoms with E-state index in [0.29, 0.717) is 6.42 Å². The fourth-order valence-electron chi connectivity index (χ4n) is 4.85. The van der Waals surface area contributed by atoms with E-state index in [4.69, 9.17) is 4.74 Å². The third-order valence-electron chi connectivity index (χ3n) is 6.91. The van der Waals surface area contributed by atoms with Crippen LogP contribution in [0.4, 0.5) is 4.79 Å². The number of carbonyl (C=O) groups is 3. The van der Waals surface area contributed by atoms with Crippen LogP contribution in [0.25, 0.3) is 11.1 Å². The molecule has 0 fully saturated rings. The van der Waals surface area contributed by atoms with Crippen molar-refractivity contribution < 1.29 is 24.2 Å². The van der Waals surface area contributed by atoms with Crippen LogP contribution < -0.4 is 10.6 Å². The van der Waals surface area contributed by atoms with E-state index in [0.717, 1.165) is 27.8 Å². The molecule has 2 amide bonds. The number of carboxylic acids is 1. The zero-order chi connectivity index (χ0) is 28.0. The van der Waals surface area contributed by atoms with E-state index in [9.17, 15) is 19.5 Å². The number of carbonyl (C=O) groups excluding carboxylic acids is 2. The highest BCUT2D eigenvalue weighted by atomic mass is 16.5. The topological polar surface area (TPSA) is 118 Å². The molecule has 3 N–H and O–H groups in total. The van der Waals surface area contributed by atoms with Crippen LogP contribution in [0.3, 0.4) is 0 Å². The van der Waals surface area contributed by atoms with Crippen LogP contribution in [-0.2, 0) is 20.7 Å². The summed E-state index contributed by atoms with van der Waals surface area (Å²) < 4.78 is 5.64. The van der Waals surface area contributed by atoms with Crippen molar-refractivity contribution in [3.8, 4) is 11.1 Å². The highest BCUT2D eigenvalue weighted by molar-refractivity contribution is 5.89. The molecule has 1 aromatic heterocycles. The molecule has 1 aliphatic rings. The minimum absolute atomic E-state index is 0.0902. The summed E-state index contributed by atoms with van der Waals surface area (Å²) in [7, 11) is 0. The van der Waals surface area contributed by atoms with Gasteiger partial charge in [0.2, 0.25) is 5.91 Å². The maximum Gasteiger partial charge on any atom is 0.407 e. The monoisotopic (exact) mass is 529 g/mol. The lowest BCUT2D eigenvalue weighted by molar-refractivity contribution is -0.142. The Morgan fingerprint density at radius 1 is 0.923 bits per heavy atom. The predicted molar refractivity (Wildman–Crippen MR) is 148 cm³/mol. The Morgan fingerprint density at radius 2 is 1.56 bits per heavy atom. The van der Waals surface area contributed by atoms with Crippen LogP contribution >= 0.6 is 0 Å². The number of rotatable bonds is 10. The number of nitrogens with zero attached hydrogens (tertiary/aromatic N) is 1. The average molecular weight is 530 g/mol. The molecule has 0 saturated heterocycles. The van der Waals surface area contributed by atoms with Crippen LogP contribution in [0.15, 0.2) is 73.1 Å². The summed E-state index contributed by atoms with van der Waals surface area (Å²) in [6, 6.07) is 17.5. The molecule has 8 nitrogen and oxygen atoms in total. The van der Waals surface area contributed by atoms with Gasteiger partial charge in [0.05, 0.1) is 0 Å². The van der Waals surface area contributed by atoms with Gasteiger partial charge in [-0.1, -0.05) is 75.4 Å². The molecule has 1 heterocycles. The summed E-state index contributed by atoms with van der Waals surface area (Å²) in [6.45, 7) is 6.14. The summed E-state index contributed by atoms with van der Waals surface area (Å²) in [4.78, 5) is 42.2. The zero-order valence-corrected chi connectivity index (χ0v) is 22.5. The molecule has 0 unspecified atom stereocenters. The first kappa shape index (κ1) is 27.8. The molecular formula is C31H35N3O5. The third kappa shape index (κ3) is 7.22. The van der Waals surface area contributed by atoms with E-state index in [-0.39, 0.29) is 30.8 Å². The predicted octanol–water partition coefficient (Wildman–Crippen LogP) is 4.93. The van der Waals surface area contributed by atoms with Gasteiger partial charge in [0.1, 0.15) is 18.7 Å². The first-order valence-electron chi connectivity index (χ1n) is 13.2. The quantitative estimate of drug-likeness (QED) is 0.343. The van der Waals surface area contributed by atoms with E-state index in [1.54, 1.807) is 24.5 Å². The molecule has 0 spiro atoms. The number of alkyl carbamates (subject to hydrolysis) is 1. The zero-order valence-electron chi connectivity index (χ0n) is 22.5. The van der Waals surface area contributed by atoms with Crippen LogP contribution in [0.1, 0.15) is 56.2 Å². The highest BCUT2D eigenvalue weighted by Crippen LogP contribution is 2.44. The van der Waals surface area contributed by atoms with Gasteiger partial charge in [-0.2, -0.15) is 0 Å². The summed E-state index contributed by atoms with van der Waals surface area (Å²) in [5, 5.41) is 15.0. The number of aliphatic carboxylic acids is 1. The number of fused-ring (bicyclic) bond motifs is 3. The third-order valence-corrected chi connectivity index (χ3v) is 6.91. The fourth-order valence-corrected chi connectivity index (χ4v) is 4.85. The van der Waals surface area contributed by atoms with Crippen molar-refractivity contribution in [1.29, 1.82) is 0 Å². The number of pyridine rings is 1. The van der Waals surface area contributed by atoms with E-state index < -0.39 is 30.1 Å². The second-order valence-corrected chi connectivity index (χ2v) is 11.1. The minimum Gasteiger partial charge on any atom is -0.480 e. The second kappa shape index (κ2) is 12.1. The number of nitrogens with one attached hydrogen (secondary N) is 2. The number of benzene rings is 2. The summed E-state index contributed by atoms with van der Waals surface area (Å²) in [5.41, 5.74) is 5.03. The second-order valence-electron chi connectivity index (χ2n) is 11.1. The molecule has 3 aromatic rings. The molecule has 1 aliphatic carbocycles. The molecule has 204 valence electrons. The number of aromatic nitrogens is 1. The Morgan fingerprint density at radius 3 is 2.13 bits per heavy atom. The molecule has 0 aliphatic heterocycles.